The van der Waals surface area contributed by atoms with Crippen LogP contribution in [0.25, 0.3) is 16.5 Å². The standard InChI is InChI=1S/C37H35NO6/c1-24(21-35(40)38-20-19-26-15-17-31(41-3)34(22-26)42-4)29-16-18-32(37-30(29)23-33(44-37)25(2)39)43-36(27-11-7-5-8-12-27)28-13-9-6-10-14-28/h5-18,21-23,36H,19-20H2,1-4H3,(H,38,40)/b24-21-. The maximum Gasteiger partial charge on any atom is 0.244 e. The van der Waals surface area contributed by atoms with Gasteiger partial charge < -0.3 is 23.9 Å². The Labute approximate surface area is 257 Å². The number of carbonyl (C=O) groups is 2. The quantitative estimate of drug-likeness (QED) is 0.119. The Morgan fingerprint density at radius 2 is 1.43 bits per heavy atom. The summed E-state index contributed by atoms with van der Waals surface area (Å²) in [6.45, 7) is 3.77. The summed E-state index contributed by atoms with van der Waals surface area (Å²) < 4.78 is 23.3. The highest BCUT2D eigenvalue weighted by molar-refractivity contribution is 6.03. The minimum absolute atomic E-state index is 0.199. The number of hydrogen-bond acceptors (Lipinski definition) is 6. The predicted octanol–water partition coefficient (Wildman–Crippen LogP) is 7.58. The monoisotopic (exact) mass is 589 g/mol. The summed E-state index contributed by atoms with van der Waals surface area (Å²) in [5.41, 5.74) is 4.93. The minimum atomic E-state index is -0.398. The molecule has 5 rings (SSSR count). The van der Waals surface area contributed by atoms with Gasteiger partial charge in [0.2, 0.25) is 5.91 Å². The van der Waals surface area contributed by atoms with Crippen LogP contribution >= 0.6 is 0 Å². The molecule has 1 N–H and O–H groups in total. The average molecular weight is 590 g/mol. The van der Waals surface area contributed by atoms with E-state index in [2.05, 4.69) is 5.32 Å². The van der Waals surface area contributed by atoms with Crippen LogP contribution in [0.15, 0.2) is 108 Å². The summed E-state index contributed by atoms with van der Waals surface area (Å²) in [6, 6.07) is 31.0. The molecule has 0 radical (unpaired) electrons. The van der Waals surface area contributed by atoms with Crippen LogP contribution in [0.5, 0.6) is 17.2 Å². The molecule has 0 saturated carbocycles. The van der Waals surface area contributed by atoms with Crippen LogP contribution < -0.4 is 19.5 Å². The first-order chi connectivity index (χ1) is 21.4. The maximum absolute atomic E-state index is 12.9. The number of ketones is 1. The van der Waals surface area contributed by atoms with Crippen LogP contribution in [0, 0.1) is 0 Å². The van der Waals surface area contributed by atoms with Gasteiger partial charge in [0.15, 0.2) is 34.4 Å². The molecule has 0 saturated heterocycles. The van der Waals surface area contributed by atoms with E-state index in [0.29, 0.717) is 41.2 Å². The highest BCUT2D eigenvalue weighted by atomic mass is 16.5. The third kappa shape index (κ3) is 6.84. The van der Waals surface area contributed by atoms with Gasteiger partial charge in [0.1, 0.15) is 6.10 Å². The van der Waals surface area contributed by atoms with Gasteiger partial charge in [-0.25, -0.2) is 0 Å². The third-order valence-corrected chi connectivity index (χ3v) is 7.38. The van der Waals surface area contributed by atoms with E-state index in [1.54, 1.807) is 26.4 Å². The lowest BCUT2D eigenvalue weighted by Gasteiger charge is -2.21. The van der Waals surface area contributed by atoms with E-state index in [-0.39, 0.29) is 17.5 Å². The van der Waals surface area contributed by atoms with Crippen LogP contribution in [0.3, 0.4) is 0 Å². The van der Waals surface area contributed by atoms with E-state index < -0.39 is 6.10 Å². The molecule has 0 bridgehead atoms. The number of nitrogens with one attached hydrogen (secondary N) is 1. The topological polar surface area (TPSA) is 87.0 Å². The summed E-state index contributed by atoms with van der Waals surface area (Å²) in [4.78, 5) is 25.2. The van der Waals surface area contributed by atoms with Crippen LogP contribution in [-0.2, 0) is 11.2 Å². The molecule has 0 aliphatic heterocycles. The Morgan fingerprint density at radius 3 is 2.05 bits per heavy atom. The van der Waals surface area contributed by atoms with Gasteiger partial charge in [0, 0.05) is 24.9 Å². The summed E-state index contributed by atoms with van der Waals surface area (Å²) in [5.74, 6) is 1.61. The highest BCUT2D eigenvalue weighted by Crippen LogP contribution is 2.38. The Bertz CT molecular complexity index is 1750. The molecular formula is C37H35NO6. The van der Waals surface area contributed by atoms with Gasteiger partial charge in [0.25, 0.3) is 0 Å². The lowest BCUT2D eigenvalue weighted by atomic mass is 10.00. The van der Waals surface area contributed by atoms with Gasteiger partial charge in [0.05, 0.1) is 14.2 Å². The Hall–Kier alpha value is -5.30. The number of carbonyl (C=O) groups excluding carboxylic acids is 2. The molecule has 7 heteroatoms. The van der Waals surface area contributed by atoms with E-state index in [1.807, 2.05) is 97.9 Å². The number of hydrogen-bond donors (Lipinski definition) is 1. The fourth-order valence-electron chi connectivity index (χ4n) is 5.11. The van der Waals surface area contributed by atoms with Crippen molar-refractivity contribution in [2.24, 2.45) is 0 Å². The van der Waals surface area contributed by atoms with Crippen LogP contribution in [0.1, 0.15) is 52.8 Å². The summed E-state index contributed by atoms with van der Waals surface area (Å²) in [5, 5.41) is 3.65. The number of furan rings is 1. The first-order valence-electron chi connectivity index (χ1n) is 14.4. The Morgan fingerprint density at radius 1 is 0.795 bits per heavy atom. The Kier molecular flexibility index (Phi) is 9.45. The van der Waals surface area contributed by atoms with Gasteiger partial charge in [-0.1, -0.05) is 72.8 Å². The molecule has 1 aromatic heterocycles. The molecule has 1 heterocycles. The molecule has 0 aliphatic rings. The summed E-state index contributed by atoms with van der Waals surface area (Å²) in [7, 11) is 3.19. The third-order valence-electron chi connectivity index (χ3n) is 7.38. The first-order valence-corrected chi connectivity index (χ1v) is 14.4. The normalized spacial score (nSPS) is 11.4. The fourth-order valence-corrected chi connectivity index (χ4v) is 5.11. The van der Waals surface area contributed by atoms with Crippen molar-refractivity contribution in [1.82, 2.24) is 5.32 Å². The zero-order valence-electron chi connectivity index (χ0n) is 25.3. The Balaban J connectivity index is 1.39. The second-order valence-electron chi connectivity index (χ2n) is 10.4. The fraction of sp³-hybridized carbons (Fsp3) is 0.189. The second-order valence-corrected chi connectivity index (χ2v) is 10.4. The number of fused-ring (bicyclic) bond motifs is 1. The SMILES string of the molecule is COc1ccc(CCNC(=O)/C=C(/C)c2ccc(OC(c3ccccc3)c3ccccc3)c3oc(C(C)=O)cc23)cc1OC. The summed E-state index contributed by atoms with van der Waals surface area (Å²) in [6.07, 6.45) is 1.79. The smallest absolute Gasteiger partial charge is 0.244 e. The molecule has 0 spiro atoms. The second kappa shape index (κ2) is 13.8. The molecule has 4 aromatic carbocycles. The van der Waals surface area contributed by atoms with E-state index in [0.717, 1.165) is 27.8 Å². The number of rotatable bonds is 12. The predicted molar refractivity (Wildman–Crippen MR) is 171 cm³/mol. The van der Waals surface area contributed by atoms with Crippen LogP contribution in [0.2, 0.25) is 0 Å². The van der Waals surface area contributed by atoms with Crippen molar-refractivity contribution in [3.05, 3.63) is 131 Å². The molecule has 7 nitrogen and oxygen atoms in total. The summed E-state index contributed by atoms with van der Waals surface area (Å²) >= 11 is 0. The molecule has 0 atom stereocenters. The molecule has 0 aliphatic carbocycles. The van der Waals surface area contributed by atoms with E-state index in [4.69, 9.17) is 18.6 Å². The molecule has 0 fully saturated rings. The van der Waals surface area contributed by atoms with Gasteiger partial charge in [-0.3, -0.25) is 9.59 Å². The molecule has 1 amide bonds. The molecule has 0 unspecified atom stereocenters. The molecular weight excluding hydrogens is 554 g/mol. The van der Waals surface area contributed by atoms with Crippen molar-refractivity contribution < 1.29 is 28.2 Å². The van der Waals surface area contributed by atoms with Gasteiger partial charge in [-0.2, -0.15) is 0 Å². The van der Waals surface area contributed by atoms with Crippen molar-refractivity contribution >= 4 is 28.2 Å². The average Bonchev–Trinajstić information content (AvgIpc) is 3.51. The van der Waals surface area contributed by atoms with Crippen molar-refractivity contribution in [2.45, 2.75) is 26.4 Å². The van der Waals surface area contributed by atoms with Crippen molar-refractivity contribution in [3.8, 4) is 17.2 Å². The number of allylic oxidation sites excluding steroid dienone is 1. The molecule has 5 aromatic rings. The molecule has 44 heavy (non-hydrogen) atoms. The van der Waals surface area contributed by atoms with Gasteiger partial charge in [-0.05, 0) is 65.4 Å². The maximum atomic E-state index is 12.9. The van der Waals surface area contributed by atoms with E-state index in [9.17, 15) is 9.59 Å². The van der Waals surface area contributed by atoms with E-state index >= 15 is 0 Å². The minimum Gasteiger partial charge on any atom is -0.493 e. The lowest BCUT2D eigenvalue weighted by Crippen LogP contribution is -2.23. The van der Waals surface area contributed by atoms with Crippen molar-refractivity contribution in [2.75, 3.05) is 20.8 Å². The van der Waals surface area contributed by atoms with Crippen molar-refractivity contribution in [3.63, 3.8) is 0 Å². The number of methoxy groups -OCH3 is 2. The zero-order chi connectivity index (χ0) is 31.1. The highest BCUT2D eigenvalue weighted by Gasteiger charge is 2.22. The van der Waals surface area contributed by atoms with Gasteiger partial charge >= 0.3 is 0 Å². The largest absolute Gasteiger partial charge is 0.493 e. The van der Waals surface area contributed by atoms with Crippen molar-refractivity contribution in [1.29, 1.82) is 0 Å². The zero-order valence-corrected chi connectivity index (χ0v) is 25.3. The van der Waals surface area contributed by atoms with Gasteiger partial charge in [-0.15, -0.1) is 0 Å². The van der Waals surface area contributed by atoms with Crippen LogP contribution in [0.4, 0.5) is 0 Å². The molecule has 224 valence electrons. The number of Topliss-reactive ketones (excluding diaryl/α,β-unsaturated/α-hetero) is 1. The first kappa shape index (κ1) is 30.2. The van der Waals surface area contributed by atoms with E-state index in [1.165, 1.54) is 6.92 Å². The van der Waals surface area contributed by atoms with Crippen LogP contribution in [-0.4, -0.2) is 32.5 Å². The number of ether oxygens (including phenoxy) is 3. The number of amides is 1. The number of benzene rings is 4. The lowest BCUT2D eigenvalue weighted by molar-refractivity contribution is -0.116.